The molecule has 2 aliphatic rings. The average molecular weight is 427 g/mol. The van der Waals surface area contributed by atoms with Crippen LogP contribution in [-0.2, 0) is 6.54 Å². The van der Waals surface area contributed by atoms with Gasteiger partial charge in [0.15, 0.2) is 5.78 Å². The molecule has 3 aromatic carbocycles. The molecule has 1 amide bonds. The first-order valence-electron chi connectivity index (χ1n) is 11.1. The average Bonchev–Trinajstić information content (AvgIpc) is 2.97. The minimum Gasteiger partial charge on any atom is -0.497 e. The van der Waals surface area contributed by atoms with Crippen molar-refractivity contribution in [1.29, 1.82) is 0 Å². The number of carbonyl (C=O) groups excluding carboxylic acids is 2. The van der Waals surface area contributed by atoms with E-state index in [9.17, 15) is 9.59 Å². The smallest absolute Gasteiger partial charge is 0.253 e. The SMILES string of the molecule is COc1ccc(CN2CCCN(C(=O)c3ccc4c(c3)C(=O)c3ccccc3-4)CC2)cc1. The molecular formula is C27H26N2O3. The highest BCUT2D eigenvalue weighted by molar-refractivity contribution is 6.22. The first kappa shape index (κ1) is 20.5. The molecule has 0 aromatic heterocycles. The Bertz CT molecular complexity index is 1170. The summed E-state index contributed by atoms with van der Waals surface area (Å²) in [5, 5.41) is 0. The lowest BCUT2D eigenvalue weighted by Crippen LogP contribution is -2.35. The van der Waals surface area contributed by atoms with E-state index in [-0.39, 0.29) is 11.7 Å². The Balaban J connectivity index is 1.27. The first-order chi connectivity index (χ1) is 15.6. The van der Waals surface area contributed by atoms with E-state index in [2.05, 4.69) is 17.0 Å². The molecule has 0 saturated carbocycles. The number of ketones is 1. The molecule has 0 bridgehead atoms. The predicted octanol–water partition coefficient (Wildman–Crippen LogP) is 4.25. The van der Waals surface area contributed by atoms with Crippen molar-refractivity contribution in [2.45, 2.75) is 13.0 Å². The van der Waals surface area contributed by atoms with Crippen LogP contribution in [-0.4, -0.2) is 54.8 Å². The third-order valence-electron chi connectivity index (χ3n) is 6.41. The molecule has 5 heteroatoms. The summed E-state index contributed by atoms with van der Waals surface area (Å²) in [7, 11) is 1.67. The number of nitrogens with zero attached hydrogens (tertiary/aromatic N) is 2. The van der Waals surface area contributed by atoms with Crippen molar-refractivity contribution in [3.63, 3.8) is 0 Å². The molecule has 3 aromatic rings. The monoisotopic (exact) mass is 426 g/mol. The molecule has 1 heterocycles. The largest absolute Gasteiger partial charge is 0.497 e. The van der Waals surface area contributed by atoms with Gasteiger partial charge in [0.1, 0.15) is 5.75 Å². The maximum atomic E-state index is 13.2. The molecule has 1 fully saturated rings. The van der Waals surface area contributed by atoms with Crippen LogP contribution < -0.4 is 4.74 Å². The summed E-state index contributed by atoms with van der Waals surface area (Å²) in [6, 6.07) is 21.3. The molecule has 5 nitrogen and oxygen atoms in total. The normalized spacial score (nSPS) is 15.8. The van der Waals surface area contributed by atoms with Crippen LogP contribution in [0.4, 0.5) is 0 Å². The van der Waals surface area contributed by atoms with Gasteiger partial charge in [-0.15, -0.1) is 0 Å². The Morgan fingerprint density at radius 2 is 1.59 bits per heavy atom. The van der Waals surface area contributed by atoms with E-state index in [0.717, 1.165) is 55.0 Å². The second-order valence-corrected chi connectivity index (χ2v) is 8.41. The summed E-state index contributed by atoms with van der Waals surface area (Å²) in [6.45, 7) is 4.04. The molecule has 0 radical (unpaired) electrons. The van der Waals surface area contributed by atoms with E-state index >= 15 is 0 Å². The topological polar surface area (TPSA) is 49.9 Å². The zero-order chi connectivity index (χ0) is 22.1. The highest BCUT2D eigenvalue weighted by Crippen LogP contribution is 2.36. The van der Waals surface area contributed by atoms with Crippen molar-refractivity contribution < 1.29 is 14.3 Å². The molecule has 1 aliphatic heterocycles. The van der Waals surface area contributed by atoms with Crippen LogP contribution in [0.5, 0.6) is 5.75 Å². The highest BCUT2D eigenvalue weighted by Gasteiger charge is 2.28. The first-order valence-corrected chi connectivity index (χ1v) is 11.1. The lowest BCUT2D eigenvalue weighted by molar-refractivity contribution is 0.0761. The van der Waals surface area contributed by atoms with Gasteiger partial charge in [0.25, 0.3) is 5.91 Å². The lowest BCUT2D eigenvalue weighted by Gasteiger charge is -2.22. The van der Waals surface area contributed by atoms with Crippen LogP contribution >= 0.6 is 0 Å². The fourth-order valence-corrected chi connectivity index (χ4v) is 4.66. The maximum absolute atomic E-state index is 13.2. The van der Waals surface area contributed by atoms with E-state index in [1.807, 2.05) is 53.4 Å². The standard InChI is InChI=1S/C27H26N2O3/c1-32-21-10-7-19(8-11-21)18-28-13-4-14-29(16-15-28)27(31)20-9-12-23-22-5-2-3-6-24(22)26(30)25(23)17-20/h2-3,5-12,17H,4,13-16,18H2,1H3. The third-order valence-corrected chi connectivity index (χ3v) is 6.41. The van der Waals surface area contributed by atoms with E-state index in [1.165, 1.54) is 5.56 Å². The number of amides is 1. The quantitative estimate of drug-likeness (QED) is 0.489. The summed E-state index contributed by atoms with van der Waals surface area (Å²) >= 11 is 0. The second-order valence-electron chi connectivity index (χ2n) is 8.41. The number of carbonyl (C=O) groups is 2. The Hall–Kier alpha value is -3.44. The minimum atomic E-state index is 0.00264. The van der Waals surface area contributed by atoms with Crippen LogP contribution in [0.15, 0.2) is 66.7 Å². The summed E-state index contributed by atoms with van der Waals surface area (Å²) < 4.78 is 5.24. The number of hydrogen-bond donors (Lipinski definition) is 0. The van der Waals surface area contributed by atoms with Crippen molar-refractivity contribution in [2.75, 3.05) is 33.3 Å². The number of benzene rings is 3. The Morgan fingerprint density at radius 3 is 2.38 bits per heavy atom. The summed E-state index contributed by atoms with van der Waals surface area (Å²) in [5.41, 5.74) is 5.05. The fraction of sp³-hybridized carbons (Fsp3) is 0.259. The molecule has 0 unspecified atom stereocenters. The van der Waals surface area contributed by atoms with Gasteiger partial charge in [-0.25, -0.2) is 0 Å². The van der Waals surface area contributed by atoms with E-state index in [4.69, 9.17) is 4.74 Å². The maximum Gasteiger partial charge on any atom is 0.253 e. The number of ether oxygens (including phenoxy) is 1. The van der Waals surface area contributed by atoms with Crippen molar-refractivity contribution in [2.24, 2.45) is 0 Å². The van der Waals surface area contributed by atoms with Gasteiger partial charge in [-0.2, -0.15) is 0 Å². The predicted molar refractivity (Wildman–Crippen MR) is 124 cm³/mol. The van der Waals surface area contributed by atoms with Crippen LogP contribution in [0.1, 0.15) is 38.3 Å². The second kappa shape index (κ2) is 8.60. The van der Waals surface area contributed by atoms with Gasteiger partial charge >= 0.3 is 0 Å². The Kier molecular flexibility index (Phi) is 5.50. The summed E-state index contributed by atoms with van der Waals surface area (Å²) in [4.78, 5) is 30.4. The molecule has 162 valence electrons. The van der Waals surface area contributed by atoms with Gasteiger partial charge in [0.2, 0.25) is 0 Å². The Labute approximate surface area is 188 Å². The van der Waals surface area contributed by atoms with Crippen molar-refractivity contribution in [3.05, 3.63) is 89.0 Å². The fourth-order valence-electron chi connectivity index (χ4n) is 4.66. The number of methoxy groups -OCH3 is 1. The van der Waals surface area contributed by atoms with E-state index in [1.54, 1.807) is 13.2 Å². The van der Waals surface area contributed by atoms with Crippen molar-refractivity contribution >= 4 is 11.7 Å². The molecule has 0 N–H and O–H groups in total. The van der Waals surface area contributed by atoms with E-state index < -0.39 is 0 Å². The minimum absolute atomic E-state index is 0.00264. The molecule has 32 heavy (non-hydrogen) atoms. The van der Waals surface area contributed by atoms with Crippen molar-refractivity contribution in [3.8, 4) is 16.9 Å². The van der Waals surface area contributed by atoms with Gasteiger partial charge < -0.3 is 9.64 Å². The molecule has 0 atom stereocenters. The molecule has 1 aliphatic carbocycles. The van der Waals surface area contributed by atoms with Gasteiger partial charge in [-0.05, 0) is 47.4 Å². The zero-order valence-corrected chi connectivity index (χ0v) is 18.2. The van der Waals surface area contributed by atoms with E-state index in [0.29, 0.717) is 17.7 Å². The number of rotatable bonds is 4. The molecular weight excluding hydrogens is 400 g/mol. The molecule has 5 rings (SSSR count). The molecule has 0 spiro atoms. The van der Waals surface area contributed by atoms with Crippen LogP contribution in [0.2, 0.25) is 0 Å². The van der Waals surface area contributed by atoms with Gasteiger partial charge in [-0.1, -0.05) is 42.5 Å². The van der Waals surface area contributed by atoms with Gasteiger partial charge in [0.05, 0.1) is 7.11 Å². The van der Waals surface area contributed by atoms with Crippen LogP contribution in [0.3, 0.4) is 0 Å². The van der Waals surface area contributed by atoms with Crippen molar-refractivity contribution in [1.82, 2.24) is 9.80 Å². The third kappa shape index (κ3) is 3.80. The zero-order valence-electron chi connectivity index (χ0n) is 18.2. The number of hydrogen-bond acceptors (Lipinski definition) is 4. The van der Waals surface area contributed by atoms with Crippen LogP contribution in [0.25, 0.3) is 11.1 Å². The Morgan fingerprint density at radius 1 is 0.844 bits per heavy atom. The van der Waals surface area contributed by atoms with Crippen LogP contribution in [0, 0.1) is 0 Å². The molecule has 1 saturated heterocycles. The highest BCUT2D eigenvalue weighted by atomic mass is 16.5. The summed E-state index contributed by atoms with van der Waals surface area (Å²) in [5.74, 6) is 0.868. The van der Waals surface area contributed by atoms with Gasteiger partial charge in [0, 0.05) is 49.4 Å². The lowest BCUT2D eigenvalue weighted by atomic mass is 10.0. The van der Waals surface area contributed by atoms with Gasteiger partial charge in [-0.3, -0.25) is 14.5 Å². The number of fused-ring (bicyclic) bond motifs is 3. The summed E-state index contributed by atoms with van der Waals surface area (Å²) in [6.07, 6.45) is 0.928.